The number of carbonyl (C=O) groups excluding carboxylic acids is 1. The van der Waals surface area contributed by atoms with Crippen LogP contribution in [0.5, 0.6) is 0 Å². The van der Waals surface area contributed by atoms with E-state index >= 15 is 0 Å². The molecule has 0 spiro atoms. The van der Waals surface area contributed by atoms with Crippen molar-refractivity contribution < 1.29 is 4.79 Å². The minimum Gasteiger partial charge on any atom is -0.345 e. The number of H-pyrrole nitrogens is 1. The summed E-state index contributed by atoms with van der Waals surface area (Å²) in [5, 5.41) is 0. The zero-order chi connectivity index (χ0) is 9.26. The summed E-state index contributed by atoms with van der Waals surface area (Å²) in [5.41, 5.74) is 0.638. The number of rotatable bonds is 1. The normalized spacial score (nSPS) is 16.8. The average Bonchev–Trinajstić information content (AvgIpc) is 2.61. The number of nitrogens with one attached hydrogen (secondary N) is 1. The summed E-state index contributed by atoms with van der Waals surface area (Å²) in [6, 6.07) is 0. The summed E-state index contributed by atoms with van der Waals surface area (Å²) in [4.78, 5) is 18.4. The maximum atomic E-state index is 11.4. The van der Waals surface area contributed by atoms with Crippen molar-refractivity contribution in [3.8, 4) is 0 Å². The summed E-state index contributed by atoms with van der Waals surface area (Å²) in [6.45, 7) is 0. The fraction of sp³-hybridized carbons (Fsp3) is 0.111. The average molecular weight is 239 g/mol. The standard InChI is InChI=1S/C9H7BrN2O/c10-6-1-2-8(13)7(5-6)9-11-3-4-12-9/h1,3-5H,2H2,(H,11,12). The van der Waals surface area contributed by atoms with Crippen molar-refractivity contribution in [2.75, 3.05) is 0 Å². The van der Waals surface area contributed by atoms with Crippen molar-refractivity contribution in [3.05, 3.63) is 34.9 Å². The first-order chi connectivity index (χ1) is 6.27. The van der Waals surface area contributed by atoms with Gasteiger partial charge in [0.1, 0.15) is 5.82 Å². The largest absolute Gasteiger partial charge is 0.345 e. The minimum atomic E-state index is 0.0955. The molecule has 0 aromatic carbocycles. The summed E-state index contributed by atoms with van der Waals surface area (Å²) in [6.07, 6.45) is 7.40. The molecule has 1 aromatic heterocycles. The van der Waals surface area contributed by atoms with E-state index in [1.54, 1.807) is 18.5 Å². The Morgan fingerprint density at radius 1 is 1.54 bits per heavy atom. The van der Waals surface area contributed by atoms with Crippen LogP contribution in [0.3, 0.4) is 0 Å². The van der Waals surface area contributed by atoms with Gasteiger partial charge in [0.05, 0.1) is 5.57 Å². The SMILES string of the molecule is O=C1CC=C(Br)C=C1c1ncc[nH]1. The quantitative estimate of drug-likeness (QED) is 0.815. The molecule has 0 aliphatic heterocycles. The first-order valence-electron chi connectivity index (χ1n) is 3.87. The van der Waals surface area contributed by atoms with Gasteiger partial charge in [0, 0.05) is 23.3 Å². The molecule has 0 radical (unpaired) electrons. The Balaban J connectivity index is 2.42. The second kappa shape index (κ2) is 3.30. The van der Waals surface area contributed by atoms with Crippen LogP contribution in [0.1, 0.15) is 12.2 Å². The lowest BCUT2D eigenvalue weighted by Gasteiger charge is -2.06. The summed E-state index contributed by atoms with van der Waals surface area (Å²) >= 11 is 3.33. The van der Waals surface area contributed by atoms with Gasteiger partial charge in [-0.25, -0.2) is 4.98 Å². The third-order valence-electron chi connectivity index (χ3n) is 1.82. The van der Waals surface area contributed by atoms with E-state index in [0.29, 0.717) is 17.8 Å². The molecule has 66 valence electrons. The molecule has 1 aromatic rings. The smallest absolute Gasteiger partial charge is 0.170 e. The Morgan fingerprint density at radius 3 is 3.08 bits per heavy atom. The number of hydrogen-bond donors (Lipinski definition) is 1. The Hall–Kier alpha value is -1.16. The highest BCUT2D eigenvalue weighted by molar-refractivity contribution is 9.11. The van der Waals surface area contributed by atoms with Gasteiger partial charge in [0.25, 0.3) is 0 Å². The molecule has 0 saturated heterocycles. The van der Waals surface area contributed by atoms with Gasteiger partial charge in [-0.05, 0) is 6.08 Å². The molecule has 1 aliphatic rings. The van der Waals surface area contributed by atoms with Gasteiger partial charge in [-0.15, -0.1) is 0 Å². The predicted octanol–water partition coefficient (Wildman–Crippen LogP) is 2.04. The van der Waals surface area contributed by atoms with E-state index in [0.717, 1.165) is 4.48 Å². The van der Waals surface area contributed by atoms with Crippen molar-refractivity contribution in [1.82, 2.24) is 9.97 Å². The zero-order valence-corrected chi connectivity index (χ0v) is 8.34. The van der Waals surface area contributed by atoms with E-state index in [9.17, 15) is 4.79 Å². The Bertz CT molecular complexity index is 390. The molecule has 1 N–H and O–H groups in total. The summed E-state index contributed by atoms with van der Waals surface area (Å²) < 4.78 is 0.929. The monoisotopic (exact) mass is 238 g/mol. The number of hydrogen-bond acceptors (Lipinski definition) is 2. The van der Waals surface area contributed by atoms with E-state index in [2.05, 4.69) is 25.9 Å². The van der Waals surface area contributed by atoms with Crippen LogP contribution in [0.4, 0.5) is 0 Å². The zero-order valence-electron chi connectivity index (χ0n) is 6.75. The van der Waals surface area contributed by atoms with E-state index in [1.165, 1.54) is 0 Å². The van der Waals surface area contributed by atoms with E-state index < -0.39 is 0 Å². The molecule has 3 nitrogen and oxygen atoms in total. The minimum absolute atomic E-state index is 0.0955. The van der Waals surface area contributed by atoms with Gasteiger partial charge in [-0.2, -0.15) is 0 Å². The Morgan fingerprint density at radius 2 is 2.38 bits per heavy atom. The third kappa shape index (κ3) is 1.62. The molecule has 4 heteroatoms. The maximum absolute atomic E-state index is 11.4. The summed E-state index contributed by atoms with van der Waals surface area (Å²) in [5.74, 6) is 0.730. The van der Waals surface area contributed by atoms with E-state index in [1.807, 2.05) is 6.08 Å². The predicted molar refractivity (Wildman–Crippen MR) is 53.2 cm³/mol. The first kappa shape index (κ1) is 8.44. The van der Waals surface area contributed by atoms with Crippen molar-refractivity contribution in [1.29, 1.82) is 0 Å². The van der Waals surface area contributed by atoms with Gasteiger partial charge in [-0.1, -0.05) is 22.0 Å². The molecule has 0 bridgehead atoms. The molecule has 1 heterocycles. The highest BCUT2D eigenvalue weighted by Crippen LogP contribution is 2.23. The number of carbonyl (C=O) groups is 1. The fourth-order valence-electron chi connectivity index (χ4n) is 1.19. The van der Waals surface area contributed by atoms with Crippen molar-refractivity contribution in [2.24, 2.45) is 0 Å². The number of Topliss-reactive ketones (excluding diaryl/α,β-unsaturated/α-hetero) is 1. The van der Waals surface area contributed by atoms with Crippen LogP contribution in [-0.4, -0.2) is 15.8 Å². The highest BCUT2D eigenvalue weighted by Gasteiger charge is 2.16. The van der Waals surface area contributed by atoms with Crippen molar-refractivity contribution in [3.63, 3.8) is 0 Å². The number of nitrogens with zero attached hydrogens (tertiary/aromatic N) is 1. The Labute approximate surface area is 83.7 Å². The van der Waals surface area contributed by atoms with Crippen LogP contribution in [-0.2, 0) is 4.79 Å². The number of aromatic amines is 1. The lowest BCUT2D eigenvalue weighted by atomic mass is 10.0. The van der Waals surface area contributed by atoms with Gasteiger partial charge < -0.3 is 4.98 Å². The lowest BCUT2D eigenvalue weighted by Crippen LogP contribution is -2.05. The molecule has 2 rings (SSSR count). The number of imidazole rings is 1. The van der Waals surface area contributed by atoms with Crippen LogP contribution >= 0.6 is 15.9 Å². The van der Waals surface area contributed by atoms with Gasteiger partial charge >= 0.3 is 0 Å². The lowest BCUT2D eigenvalue weighted by molar-refractivity contribution is -0.113. The van der Waals surface area contributed by atoms with Gasteiger partial charge in [0.15, 0.2) is 5.78 Å². The molecular formula is C9H7BrN2O. The van der Waals surface area contributed by atoms with Crippen LogP contribution in [0.2, 0.25) is 0 Å². The maximum Gasteiger partial charge on any atom is 0.170 e. The van der Waals surface area contributed by atoms with Crippen LogP contribution < -0.4 is 0 Å². The van der Waals surface area contributed by atoms with Gasteiger partial charge in [-0.3, -0.25) is 4.79 Å². The number of halogens is 1. The second-order valence-corrected chi connectivity index (χ2v) is 3.63. The molecule has 13 heavy (non-hydrogen) atoms. The second-order valence-electron chi connectivity index (χ2n) is 2.71. The molecule has 0 amide bonds. The number of ketones is 1. The number of allylic oxidation sites excluding steroid dienone is 4. The molecular weight excluding hydrogens is 232 g/mol. The molecule has 0 unspecified atom stereocenters. The van der Waals surface area contributed by atoms with Crippen LogP contribution in [0, 0.1) is 0 Å². The number of aromatic nitrogens is 2. The van der Waals surface area contributed by atoms with Crippen LogP contribution in [0.25, 0.3) is 5.57 Å². The van der Waals surface area contributed by atoms with Gasteiger partial charge in [0.2, 0.25) is 0 Å². The summed E-state index contributed by atoms with van der Waals surface area (Å²) in [7, 11) is 0. The third-order valence-corrected chi connectivity index (χ3v) is 2.37. The van der Waals surface area contributed by atoms with E-state index in [-0.39, 0.29) is 5.78 Å². The molecule has 0 fully saturated rings. The topological polar surface area (TPSA) is 45.8 Å². The molecule has 0 saturated carbocycles. The fourth-order valence-corrected chi connectivity index (χ4v) is 1.58. The van der Waals surface area contributed by atoms with Crippen molar-refractivity contribution in [2.45, 2.75) is 6.42 Å². The van der Waals surface area contributed by atoms with Crippen molar-refractivity contribution >= 4 is 27.3 Å². The first-order valence-corrected chi connectivity index (χ1v) is 4.67. The van der Waals surface area contributed by atoms with Crippen LogP contribution in [0.15, 0.2) is 29.0 Å². The highest BCUT2D eigenvalue weighted by atomic mass is 79.9. The van der Waals surface area contributed by atoms with E-state index in [4.69, 9.17) is 0 Å². The molecule has 1 aliphatic carbocycles. The molecule has 0 atom stereocenters. The Kier molecular flexibility index (Phi) is 2.14.